The average molecular weight is 246 g/mol. The smallest absolute Gasteiger partial charge is 0.0236 e. The molecule has 0 radical (unpaired) electrons. The molecule has 2 nitrogen and oxygen atoms in total. The normalized spacial score (nSPS) is 20.8. The Bertz CT molecular complexity index is 356. The van der Waals surface area contributed by atoms with Crippen LogP contribution in [0.3, 0.4) is 0 Å². The highest BCUT2D eigenvalue weighted by molar-refractivity contribution is 5.22. The molecule has 0 spiro atoms. The fraction of sp³-hybridized carbons (Fsp3) is 0.625. The van der Waals surface area contributed by atoms with Gasteiger partial charge in [0, 0.05) is 25.2 Å². The zero-order chi connectivity index (χ0) is 13.0. The molecule has 1 heterocycles. The molecular formula is C16H26N2. The van der Waals surface area contributed by atoms with Crippen molar-refractivity contribution in [2.45, 2.75) is 58.8 Å². The first-order valence-corrected chi connectivity index (χ1v) is 7.20. The Morgan fingerprint density at radius 3 is 2.44 bits per heavy atom. The van der Waals surface area contributed by atoms with E-state index in [1.54, 1.807) is 0 Å². The number of nitrogens with one attached hydrogen (secondary N) is 1. The summed E-state index contributed by atoms with van der Waals surface area (Å²) in [5.41, 5.74) is 2.82. The average Bonchev–Trinajstić information content (AvgIpc) is 2.74. The number of nitrogens with zero attached hydrogens (tertiary/aromatic N) is 1. The summed E-state index contributed by atoms with van der Waals surface area (Å²) in [6.45, 7) is 10.1. The van der Waals surface area contributed by atoms with Gasteiger partial charge in [0.25, 0.3) is 0 Å². The first kappa shape index (κ1) is 13.6. The van der Waals surface area contributed by atoms with E-state index < -0.39 is 0 Å². The van der Waals surface area contributed by atoms with Crippen LogP contribution in [-0.2, 0) is 13.1 Å². The summed E-state index contributed by atoms with van der Waals surface area (Å²) in [4.78, 5) is 2.58. The Morgan fingerprint density at radius 1 is 1.22 bits per heavy atom. The molecule has 100 valence electrons. The maximum absolute atomic E-state index is 3.45. The van der Waals surface area contributed by atoms with Crippen molar-refractivity contribution in [2.24, 2.45) is 0 Å². The molecule has 0 saturated carbocycles. The molecule has 1 unspecified atom stereocenters. The minimum atomic E-state index is 0.551. The van der Waals surface area contributed by atoms with Gasteiger partial charge in [-0.1, -0.05) is 38.1 Å². The zero-order valence-corrected chi connectivity index (χ0v) is 11.9. The van der Waals surface area contributed by atoms with Crippen LogP contribution in [0.5, 0.6) is 0 Å². The molecule has 1 saturated heterocycles. The molecule has 0 aromatic heterocycles. The largest absolute Gasteiger partial charge is 0.310 e. The molecule has 2 rings (SSSR count). The van der Waals surface area contributed by atoms with Gasteiger partial charge in [0.1, 0.15) is 0 Å². The molecule has 0 amide bonds. The SMILES string of the molecule is CC(C)NCc1ccc(CN2CCCC2C)cc1. The van der Waals surface area contributed by atoms with Gasteiger partial charge in [-0.3, -0.25) is 4.90 Å². The Balaban J connectivity index is 1.87. The number of likely N-dealkylation sites (tertiary alicyclic amines) is 1. The second kappa shape index (κ2) is 6.35. The molecule has 0 aliphatic carbocycles. The van der Waals surface area contributed by atoms with Crippen molar-refractivity contribution >= 4 is 0 Å². The Hall–Kier alpha value is -0.860. The van der Waals surface area contributed by atoms with Gasteiger partial charge in [-0.2, -0.15) is 0 Å². The molecule has 1 aliphatic heterocycles. The highest BCUT2D eigenvalue weighted by Crippen LogP contribution is 2.19. The van der Waals surface area contributed by atoms with Crippen LogP contribution < -0.4 is 5.32 Å². The Labute approximate surface area is 111 Å². The summed E-state index contributed by atoms with van der Waals surface area (Å²) in [5.74, 6) is 0. The van der Waals surface area contributed by atoms with E-state index in [0.717, 1.165) is 19.1 Å². The number of hydrogen-bond acceptors (Lipinski definition) is 2. The van der Waals surface area contributed by atoms with Gasteiger partial charge in [-0.15, -0.1) is 0 Å². The highest BCUT2D eigenvalue weighted by atomic mass is 15.2. The zero-order valence-electron chi connectivity index (χ0n) is 11.9. The van der Waals surface area contributed by atoms with E-state index in [4.69, 9.17) is 0 Å². The summed E-state index contributed by atoms with van der Waals surface area (Å²) in [5, 5.41) is 3.45. The summed E-state index contributed by atoms with van der Waals surface area (Å²) < 4.78 is 0. The molecule has 2 heteroatoms. The lowest BCUT2D eigenvalue weighted by atomic mass is 10.1. The molecule has 0 bridgehead atoms. The van der Waals surface area contributed by atoms with Crippen LogP contribution in [0.4, 0.5) is 0 Å². The molecule has 1 atom stereocenters. The third-order valence-electron chi connectivity index (χ3n) is 3.81. The Kier molecular flexibility index (Phi) is 4.79. The first-order valence-electron chi connectivity index (χ1n) is 7.20. The molecule has 1 aliphatic rings. The van der Waals surface area contributed by atoms with Gasteiger partial charge < -0.3 is 5.32 Å². The molecule has 1 aromatic carbocycles. The van der Waals surface area contributed by atoms with Crippen LogP contribution in [0.1, 0.15) is 44.7 Å². The van der Waals surface area contributed by atoms with Crippen molar-refractivity contribution in [3.8, 4) is 0 Å². The maximum Gasteiger partial charge on any atom is 0.0236 e. The summed E-state index contributed by atoms with van der Waals surface area (Å²) >= 11 is 0. The lowest BCUT2D eigenvalue weighted by molar-refractivity contribution is 0.260. The third-order valence-corrected chi connectivity index (χ3v) is 3.81. The lowest BCUT2D eigenvalue weighted by Gasteiger charge is -2.21. The van der Waals surface area contributed by atoms with E-state index in [1.165, 1.54) is 30.5 Å². The summed E-state index contributed by atoms with van der Waals surface area (Å²) in [7, 11) is 0. The topological polar surface area (TPSA) is 15.3 Å². The second-order valence-electron chi connectivity index (χ2n) is 5.81. The van der Waals surface area contributed by atoms with Crippen molar-refractivity contribution in [1.82, 2.24) is 10.2 Å². The van der Waals surface area contributed by atoms with Crippen LogP contribution in [0.15, 0.2) is 24.3 Å². The number of hydrogen-bond donors (Lipinski definition) is 1. The van der Waals surface area contributed by atoms with E-state index in [9.17, 15) is 0 Å². The monoisotopic (exact) mass is 246 g/mol. The first-order chi connectivity index (χ1) is 8.65. The van der Waals surface area contributed by atoms with Gasteiger partial charge in [0.05, 0.1) is 0 Å². The molecular weight excluding hydrogens is 220 g/mol. The van der Waals surface area contributed by atoms with Gasteiger partial charge in [-0.25, -0.2) is 0 Å². The number of rotatable bonds is 5. The predicted octanol–water partition coefficient (Wildman–Crippen LogP) is 3.17. The minimum absolute atomic E-state index is 0.551. The summed E-state index contributed by atoms with van der Waals surface area (Å²) in [6, 6.07) is 10.4. The second-order valence-corrected chi connectivity index (χ2v) is 5.81. The van der Waals surface area contributed by atoms with Crippen molar-refractivity contribution in [1.29, 1.82) is 0 Å². The van der Waals surface area contributed by atoms with Gasteiger partial charge in [0.2, 0.25) is 0 Å². The van der Waals surface area contributed by atoms with Crippen LogP contribution in [-0.4, -0.2) is 23.5 Å². The fourth-order valence-electron chi connectivity index (χ4n) is 2.55. The fourth-order valence-corrected chi connectivity index (χ4v) is 2.55. The molecule has 18 heavy (non-hydrogen) atoms. The van der Waals surface area contributed by atoms with Crippen LogP contribution >= 0.6 is 0 Å². The van der Waals surface area contributed by atoms with Crippen molar-refractivity contribution in [3.63, 3.8) is 0 Å². The molecule has 1 fully saturated rings. The minimum Gasteiger partial charge on any atom is -0.310 e. The van der Waals surface area contributed by atoms with Crippen molar-refractivity contribution in [3.05, 3.63) is 35.4 Å². The van der Waals surface area contributed by atoms with E-state index in [0.29, 0.717) is 6.04 Å². The van der Waals surface area contributed by atoms with Gasteiger partial charge >= 0.3 is 0 Å². The lowest BCUT2D eigenvalue weighted by Crippen LogP contribution is -2.26. The van der Waals surface area contributed by atoms with Crippen LogP contribution in [0.25, 0.3) is 0 Å². The van der Waals surface area contributed by atoms with E-state index in [1.807, 2.05) is 0 Å². The third kappa shape index (κ3) is 3.82. The van der Waals surface area contributed by atoms with E-state index in [2.05, 4.69) is 55.3 Å². The summed E-state index contributed by atoms with van der Waals surface area (Å²) in [6.07, 6.45) is 2.72. The van der Waals surface area contributed by atoms with Crippen molar-refractivity contribution < 1.29 is 0 Å². The molecule has 1 N–H and O–H groups in total. The number of benzene rings is 1. The van der Waals surface area contributed by atoms with Gasteiger partial charge in [-0.05, 0) is 37.4 Å². The maximum atomic E-state index is 3.45. The van der Waals surface area contributed by atoms with Crippen LogP contribution in [0, 0.1) is 0 Å². The van der Waals surface area contributed by atoms with Gasteiger partial charge in [0.15, 0.2) is 0 Å². The van der Waals surface area contributed by atoms with E-state index >= 15 is 0 Å². The van der Waals surface area contributed by atoms with Crippen molar-refractivity contribution in [2.75, 3.05) is 6.54 Å². The highest BCUT2D eigenvalue weighted by Gasteiger charge is 2.19. The van der Waals surface area contributed by atoms with Crippen LogP contribution in [0.2, 0.25) is 0 Å². The Morgan fingerprint density at radius 2 is 1.89 bits per heavy atom. The molecule has 1 aromatic rings. The predicted molar refractivity (Wildman–Crippen MR) is 77.5 cm³/mol. The standard InChI is InChI=1S/C16H26N2/c1-13(2)17-11-15-6-8-16(9-7-15)12-18-10-4-5-14(18)3/h6-9,13-14,17H,4-5,10-12H2,1-3H3. The van der Waals surface area contributed by atoms with E-state index in [-0.39, 0.29) is 0 Å². The quantitative estimate of drug-likeness (QED) is 0.858.